The third-order valence-corrected chi connectivity index (χ3v) is 2.98. The normalized spacial score (nSPS) is 10.8. The highest BCUT2D eigenvalue weighted by Gasteiger charge is 2.17. The van der Waals surface area contributed by atoms with Crippen LogP contribution in [-0.4, -0.2) is 17.3 Å². The summed E-state index contributed by atoms with van der Waals surface area (Å²) in [6.45, 7) is 8.12. The summed E-state index contributed by atoms with van der Waals surface area (Å²) in [5.74, 6) is 1.45. The van der Waals surface area contributed by atoms with E-state index in [4.69, 9.17) is 9.84 Å². The highest BCUT2D eigenvalue weighted by molar-refractivity contribution is 5.21. The summed E-state index contributed by atoms with van der Waals surface area (Å²) in [4.78, 5) is 0. The molecule has 0 aliphatic rings. The summed E-state index contributed by atoms with van der Waals surface area (Å²) in [6, 6.07) is 20.0. The fourth-order valence-electron chi connectivity index (χ4n) is 1.68. The van der Waals surface area contributed by atoms with E-state index in [-0.39, 0.29) is 6.61 Å². The monoisotopic (exact) mass is 286 g/mol. The predicted octanol–water partition coefficient (Wildman–Crippen LogP) is 4.65. The number of hydrogen-bond donors (Lipinski definition) is 1. The zero-order valence-corrected chi connectivity index (χ0v) is 13.4. The van der Waals surface area contributed by atoms with Crippen LogP contribution in [0.25, 0.3) is 0 Å². The van der Waals surface area contributed by atoms with E-state index in [1.165, 1.54) is 5.56 Å². The molecular formula is C19H26O2. The molecule has 0 aliphatic carbocycles. The van der Waals surface area contributed by atoms with E-state index < -0.39 is 5.60 Å². The summed E-state index contributed by atoms with van der Waals surface area (Å²) >= 11 is 0. The SMILES string of the molecule is CC(C)(CO)Oc1ccccc1.CC(C)c1ccccc1. The van der Waals surface area contributed by atoms with Gasteiger partial charge in [0.15, 0.2) is 0 Å². The number of aliphatic hydroxyl groups excluding tert-OH is 1. The molecular weight excluding hydrogens is 260 g/mol. The van der Waals surface area contributed by atoms with Crippen LogP contribution in [0.5, 0.6) is 5.75 Å². The molecule has 0 spiro atoms. The van der Waals surface area contributed by atoms with Gasteiger partial charge in [0.1, 0.15) is 11.4 Å². The van der Waals surface area contributed by atoms with Crippen molar-refractivity contribution >= 4 is 0 Å². The van der Waals surface area contributed by atoms with E-state index in [0.29, 0.717) is 5.92 Å². The lowest BCUT2D eigenvalue weighted by Gasteiger charge is -2.23. The van der Waals surface area contributed by atoms with Gasteiger partial charge in [0, 0.05) is 0 Å². The molecule has 114 valence electrons. The number of aliphatic hydroxyl groups is 1. The second-order valence-electron chi connectivity index (χ2n) is 5.90. The zero-order chi connectivity index (χ0) is 15.7. The first-order valence-corrected chi connectivity index (χ1v) is 7.34. The number of para-hydroxylation sites is 1. The average Bonchev–Trinajstić information content (AvgIpc) is 2.49. The Morgan fingerprint density at radius 1 is 0.905 bits per heavy atom. The van der Waals surface area contributed by atoms with E-state index in [2.05, 4.69) is 38.1 Å². The van der Waals surface area contributed by atoms with Gasteiger partial charge in [-0.15, -0.1) is 0 Å². The van der Waals surface area contributed by atoms with Crippen molar-refractivity contribution in [1.29, 1.82) is 0 Å². The molecule has 2 aromatic rings. The molecule has 2 rings (SSSR count). The Morgan fingerprint density at radius 2 is 1.38 bits per heavy atom. The Bertz CT molecular complexity index is 489. The van der Waals surface area contributed by atoms with Crippen LogP contribution < -0.4 is 4.74 Å². The lowest BCUT2D eigenvalue weighted by atomic mass is 10.0. The van der Waals surface area contributed by atoms with Crippen LogP contribution in [0.15, 0.2) is 60.7 Å². The second-order valence-corrected chi connectivity index (χ2v) is 5.90. The standard InChI is InChI=1S/C10H14O2.C9H12/c1-10(2,8-11)12-9-6-4-3-5-7-9;1-8(2)9-6-4-3-5-7-9/h3-7,11H,8H2,1-2H3;3-8H,1-2H3. The average molecular weight is 286 g/mol. The van der Waals surface area contributed by atoms with Gasteiger partial charge >= 0.3 is 0 Å². The Balaban J connectivity index is 0.000000219. The van der Waals surface area contributed by atoms with Crippen molar-refractivity contribution in [2.75, 3.05) is 6.61 Å². The molecule has 2 nitrogen and oxygen atoms in total. The summed E-state index contributed by atoms with van der Waals surface area (Å²) in [5, 5.41) is 8.93. The van der Waals surface area contributed by atoms with E-state index >= 15 is 0 Å². The molecule has 0 saturated carbocycles. The Hall–Kier alpha value is -1.80. The van der Waals surface area contributed by atoms with Gasteiger partial charge in [-0.25, -0.2) is 0 Å². The number of rotatable bonds is 4. The van der Waals surface area contributed by atoms with Gasteiger partial charge < -0.3 is 9.84 Å². The van der Waals surface area contributed by atoms with Crippen molar-refractivity contribution in [2.45, 2.75) is 39.2 Å². The molecule has 0 fully saturated rings. The molecule has 0 amide bonds. The molecule has 0 unspecified atom stereocenters. The molecule has 0 saturated heterocycles. The molecule has 0 bridgehead atoms. The predicted molar refractivity (Wildman–Crippen MR) is 88.8 cm³/mol. The largest absolute Gasteiger partial charge is 0.485 e. The van der Waals surface area contributed by atoms with Gasteiger partial charge in [-0.2, -0.15) is 0 Å². The maximum absolute atomic E-state index is 8.93. The topological polar surface area (TPSA) is 29.5 Å². The molecule has 21 heavy (non-hydrogen) atoms. The minimum atomic E-state index is -0.499. The molecule has 0 aromatic heterocycles. The molecule has 0 radical (unpaired) electrons. The highest BCUT2D eigenvalue weighted by atomic mass is 16.5. The molecule has 2 aromatic carbocycles. The van der Waals surface area contributed by atoms with E-state index in [1.807, 2.05) is 50.2 Å². The molecule has 1 N–H and O–H groups in total. The number of ether oxygens (including phenoxy) is 1. The maximum atomic E-state index is 8.93. The first-order valence-electron chi connectivity index (χ1n) is 7.34. The van der Waals surface area contributed by atoms with Crippen molar-refractivity contribution in [3.05, 3.63) is 66.2 Å². The lowest BCUT2D eigenvalue weighted by Crippen LogP contribution is -2.32. The van der Waals surface area contributed by atoms with Crippen LogP contribution in [0.2, 0.25) is 0 Å². The van der Waals surface area contributed by atoms with Crippen molar-refractivity contribution < 1.29 is 9.84 Å². The van der Waals surface area contributed by atoms with Gasteiger partial charge in [0.05, 0.1) is 6.61 Å². The maximum Gasteiger partial charge on any atom is 0.126 e. The van der Waals surface area contributed by atoms with Crippen molar-refractivity contribution in [2.24, 2.45) is 0 Å². The number of benzene rings is 2. The van der Waals surface area contributed by atoms with Gasteiger partial charge in [-0.3, -0.25) is 0 Å². The molecule has 0 aliphatic heterocycles. The minimum absolute atomic E-state index is 0.0158. The minimum Gasteiger partial charge on any atom is -0.485 e. The Morgan fingerprint density at radius 3 is 1.76 bits per heavy atom. The number of hydrogen-bond acceptors (Lipinski definition) is 2. The summed E-state index contributed by atoms with van der Waals surface area (Å²) in [6.07, 6.45) is 0. The van der Waals surface area contributed by atoms with Gasteiger partial charge in [0.25, 0.3) is 0 Å². The van der Waals surface area contributed by atoms with Crippen molar-refractivity contribution in [3.63, 3.8) is 0 Å². The third-order valence-electron chi connectivity index (χ3n) is 2.98. The van der Waals surface area contributed by atoms with Crippen LogP contribution in [0.3, 0.4) is 0 Å². The first kappa shape index (κ1) is 17.3. The lowest BCUT2D eigenvalue weighted by molar-refractivity contribution is 0.0412. The highest BCUT2D eigenvalue weighted by Crippen LogP contribution is 2.16. The van der Waals surface area contributed by atoms with E-state index in [9.17, 15) is 0 Å². The smallest absolute Gasteiger partial charge is 0.126 e. The third kappa shape index (κ3) is 6.96. The molecule has 0 atom stereocenters. The summed E-state index contributed by atoms with van der Waals surface area (Å²) < 4.78 is 5.50. The van der Waals surface area contributed by atoms with Gasteiger partial charge in [0.2, 0.25) is 0 Å². The van der Waals surface area contributed by atoms with Gasteiger partial charge in [-0.05, 0) is 37.5 Å². The fraction of sp³-hybridized carbons (Fsp3) is 0.368. The van der Waals surface area contributed by atoms with E-state index in [1.54, 1.807) is 0 Å². The zero-order valence-electron chi connectivity index (χ0n) is 13.4. The van der Waals surface area contributed by atoms with Crippen LogP contribution in [0.1, 0.15) is 39.2 Å². The van der Waals surface area contributed by atoms with Crippen LogP contribution in [0, 0.1) is 0 Å². The summed E-state index contributed by atoms with van der Waals surface area (Å²) in [5.41, 5.74) is 0.916. The van der Waals surface area contributed by atoms with Gasteiger partial charge in [-0.1, -0.05) is 62.4 Å². The van der Waals surface area contributed by atoms with E-state index in [0.717, 1.165) is 5.75 Å². The van der Waals surface area contributed by atoms with Crippen LogP contribution >= 0.6 is 0 Å². The first-order chi connectivity index (χ1) is 9.94. The molecule has 2 heteroatoms. The molecule has 0 heterocycles. The quantitative estimate of drug-likeness (QED) is 0.886. The Kier molecular flexibility index (Phi) is 6.97. The second kappa shape index (κ2) is 8.48. The van der Waals surface area contributed by atoms with Crippen LogP contribution in [0.4, 0.5) is 0 Å². The van der Waals surface area contributed by atoms with Crippen molar-refractivity contribution in [3.8, 4) is 5.75 Å². The Labute approximate surface area is 128 Å². The summed E-state index contributed by atoms with van der Waals surface area (Å²) in [7, 11) is 0. The fourth-order valence-corrected chi connectivity index (χ4v) is 1.68. The van der Waals surface area contributed by atoms with Crippen molar-refractivity contribution in [1.82, 2.24) is 0 Å². The van der Waals surface area contributed by atoms with Crippen LogP contribution in [-0.2, 0) is 0 Å².